The second-order valence-corrected chi connectivity index (χ2v) is 5.22. The van der Waals surface area contributed by atoms with Gasteiger partial charge >= 0.3 is 0 Å². The average Bonchev–Trinajstić information content (AvgIpc) is 2.53. The number of nitrogens with one attached hydrogen (secondary N) is 1. The minimum absolute atomic E-state index is 0.0568. The van der Waals surface area contributed by atoms with Crippen LogP contribution in [0.5, 0.6) is 0 Å². The molecule has 4 nitrogen and oxygen atoms in total. The fourth-order valence-corrected chi connectivity index (χ4v) is 2.50. The van der Waals surface area contributed by atoms with Crippen molar-refractivity contribution in [3.05, 3.63) is 35.9 Å². The van der Waals surface area contributed by atoms with Crippen molar-refractivity contribution in [1.29, 1.82) is 0 Å². The molecule has 1 aliphatic heterocycles. The molecule has 2 amide bonds. The first kappa shape index (κ1) is 14.6. The second-order valence-electron chi connectivity index (χ2n) is 5.22. The fraction of sp³-hybridized carbons (Fsp3) is 0.500. The molecule has 1 N–H and O–H groups in total. The van der Waals surface area contributed by atoms with Crippen molar-refractivity contribution in [3.8, 4) is 0 Å². The number of likely N-dealkylation sites (tertiary alicyclic amines) is 1. The molecule has 20 heavy (non-hydrogen) atoms. The van der Waals surface area contributed by atoms with Gasteiger partial charge in [-0.05, 0) is 31.4 Å². The quantitative estimate of drug-likeness (QED) is 0.913. The van der Waals surface area contributed by atoms with Crippen molar-refractivity contribution < 1.29 is 9.59 Å². The lowest BCUT2D eigenvalue weighted by atomic mass is 9.95. The lowest BCUT2D eigenvalue weighted by molar-refractivity contribution is -0.126. The van der Waals surface area contributed by atoms with E-state index in [0.717, 1.165) is 31.4 Å². The molecule has 1 aromatic rings. The zero-order valence-electron chi connectivity index (χ0n) is 12.0. The van der Waals surface area contributed by atoms with Gasteiger partial charge in [-0.15, -0.1) is 0 Å². The van der Waals surface area contributed by atoms with E-state index in [0.29, 0.717) is 13.1 Å². The summed E-state index contributed by atoms with van der Waals surface area (Å²) < 4.78 is 0. The van der Waals surface area contributed by atoms with Crippen LogP contribution in [0.4, 0.5) is 0 Å². The predicted octanol–water partition coefficient (Wildman–Crippen LogP) is 2.06. The highest BCUT2D eigenvalue weighted by Gasteiger charge is 2.27. The number of carbonyl (C=O) groups excluding carboxylic acids is 2. The van der Waals surface area contributed by atoms with Crippen LogP contribution in [0.1, 0.15) is 36.5 Å². The van der Waals surface area contributed by atoms with Gasteiger partial charge in [-0.2, -0.15) is 0 Å². The molecular formula is C16H22N2O2. The Kier molecular flexibility index (Phi) is 5.16. The van der Waals surface area contributed by atoms with Crippen LogP contribution in [0.2, 0.25) is 0 Å². The first-order valence-corrected chi connectivity index (χ1v) is 7.34. The number of amides is 2. The van der Waals surface area contributed by atoms with Crippen LogP contribution in [0.3, 0.4) is 0 Å². The third-order valence-electron chi connectivity index (χ3n) is 3.72. The molecule has 1 saturated heterocycles. The molecule has 0 unspecified atom stereocenters. The SMILES string of the molecule is CCCNC(=O)C1CCN(C(=O)c2ccccc2)CC1. The largest absolute Gasteiger partial charge is 0.356 e. The molecule has 0 radical (unpaired) electrons. The van der Waals surface area contributed by atoms with E-state index in [4.69, 9.17) is 0 Å². The minimum Gasteiger partial charge on any atom is -0.356 e. The Labute approximate surface area is 120 Å². The van der Waals surface area contributed by atoms with Crippen LogP contribution in [-0.2, 0) is 4.79 Å². The van der Waals surface area contributed by atoms with Gasteiger partial charge in [-0.3, -0.25) is 9.59 Å². The first-order chi connectivity index (χ1) is 9.72. The van der Waals surface area contributed by atoms with E-state index in [1.165, 1.54) is 0 Å². The van der Waals surface area contributed by atoms with Crippen molar-refractivity contribution in [2.75, 3.05) is 19.6 Å². The Morgan fingerprint density at radius 3 is 2.45 bits per heavy atom. The number of rotatable bonds is 4. The molecule has 0 aliphatic carbocycles. The summed E-state index contributed by atoms with van der Waals surface area (Å²) in [6, 6.07) is 9.32. The number of hydrogen-bond donors (Lipinski definition) is 1. The van der Waals surface area contributed by atoms with E-state index in [1.54, 1.807) is 0 Å². The van der Waals surface area contributed by atoms with Crippen molar-refractivity contribution in [3.63, 3.8) is 0 Å². The van der Waals surface area contributed by atoms with Crippen LogP contribution in [-0.4, -0.2) is 36.3 Å². The predicted molar refractivity (Wildman–Crippen MR) is 78.4 cm³/mol. The molecule has 0 spiro atoms. The minimum atomic E-state index is 0.0568. The highest BCUT2D eigenvalue weighted by molar-refractivity contribution is 5.94. The molecule has 0 aromatic heterocycles. The molecule has 1 fully saturated rings. The van der Waals surface area contributed by atoms with Crippen LogP contribution < -0.4 is 5.32 Å². The molecule has 0 bridgehead atoms. The van der Waals surface area contributed by atoms with Crippen LogP contribution in [0.25, 0.3) is 0 Å². The topological polar surface area (TPSA) is 49.4 Å². The van der Waals surface area contributed by atoms with Gasteiger partial charge in [0.15, 0.2) is 0 Å². The first-order valence-electron chi connectivity index (χ1n) is 7.34. The smallest absolute Gasteiger partial charge is 0.253 e. The maximum absolute atomic E-state index is 12.3. The van der Waals surface area contributed by atoms with E-state index >= 15 is 0 Å². The zero-order chi connectivity index (χ0) is 14.4. The molecule has 4 heteroatoms. The van der Waals surface area contributed by atoms with E-state index in [-0.39, 0.29) is 17.7 Å². The summed E-state index contributed by atoms with van der Waals surface area (Å²) in [5.41, 5.74) is 0.724. The molecular weight excluding hydrogens is 252 g/mol. The summed E-state index contributed by atoms with van der Waals surface area (Å²) in [5.74, 6) is 0.262. The number of carbonyl (C=O) groups is 2. The van der Waals surface area contributed by atoms with Gasteiger partial charge in [-0.25, -0.2) is 0 Å². The summed E-state index contributed by atoms with van der Waals surface area (Å²) in [4.78, 5) is 26.0. The van der Waals surface area contributed by atoms with Crippen LogP contribution in [0.15, 0.2) is 30.3 Å². The van der Waals surface area contributed by atoms with Crippen molar-refractivity contribution in [1.82, 2.24) is 10.2 Å². The summed E-state index contributed by atoms with van der Waals surface area (Å²) >= 11 is 0. The van der Waals surface area contributed by atoms with Gasteiger partial charge in [0.05, 0.1) is 0 Å². The van der Waals surface area contributed by atoms with Gasteiger partial charge in [-0.1, -0.05) is 25.1 Å². The molecule has 108 valence electrons. The Balaban J connectivity index is 1.85. The monoisotopic (exact) mass is 274 g/mol. The van der Waals surface area contributed by atoms with E-state index in [2.05, 4.69) is 5.32 Å². The Morgan fingerprint density at radius 2 is 1.85 bits per heavy atom. The standard InChI is InChI=1S/C16H22N2O2/c1-2-10-17-15(19)13-8-11-18(12-9-13)16(20)14-6-4-3-5-7-14/h3-7,13H,2,8-12H2,1H3,(H,17,19). The average molecular weight is 274 g/mol. The zero-order valence-corrected chi connectivity index (χ0v) is 12.0. The highest BCUT2D eigenvalue weighted by atomic mass is 16.2. The molecule has 1 heterocycles. The third kappa shape index (κ3) is 3.59. The van der Waals surface area contributed by atoms with Crippen LogP contribution >= 0.6 is 0 Å². The second kappa shape index (κ2) is 7.08. The Bertz CT molecular complexity index is 451. The molecule has 1 aliphatic rings. The Morgan fingerprint density at radius 1 is 1.20 bits per heavy atom. The van der Waals surface area contributed by atoms with E-state index in [9.17, 15) is 9.59 Å². The number of hydrogen-bond acceptors (Lipinski definition) is 2. The molecule has 2 rings (SSSR count). The number of piperidine rings is 1. The lowest BCUT2D eigenvalue weighted by Gasteiger charge is -2.31. The molecule has 0 saturated carbocycles. The fourth-order valence-electron chi connectivity index (χ4n) is 2.50. The van der Waals surface area contributed by atoms with E-state index < -0.39 is 0 Å². The van der Waals surface area contributed by atoms with Crippen molar-refractivity contribution >= 4 is 11.8 Å². The summed E-state index contributed by atoms with van der Waals surface area (Å²) in [6.07, 6.45) is 2.47. The van der Waals surface area contributed by atoms with Gasteiger partial charge in [0.1, 0.15) is 0 Å². The maximum Gasteiger partial charge on any atom is 0.253 e. The summed E-state index contributed by atoms with van der Waals surface area (Å²) in [6.45, 7) is 4.11. The van der Waals surface area contributed by atoms with Crippen molar-refractivity contribution in [2.24, 2.45) is 5.92 Å². The molecule has 1 aromatic carbocycles. The van der Waals surface area contributed by atoms with Crippen LogP contribution in [0, 0.1) is 5.92 Å². The van der Waals surface area contributed by atoms with Gasteiger partial charge in [0, 0.05) is 31.1 Å². The summed E-state index contributed by atoms with van der Waals surface area (Å²) in [7, 11) is 0. The lowest BCUT2D eigenvalue weighted by Crippen LogP contribution is -2.43. The van der Waals surface area contributed by atoms with E-state index in [1.807, 2.05) is 42.2 Å². The maximum atomic E-state index is 12.3. The van der Waals surface area contributed by atoms with Gasteiger partial charge in [0.2, 0.25) is 5.91 Å². The van der Waals surface area contributed by atoms with Gasteiger partial charge in [0.25, 0.3) is 5.91 Å². The number of benzene rings is 1. The normalized spacial score (nSPS) is 15.9. The number of nitrogens with zero attached hydrogens (tertiary/aromatic N) is 1. The van der Waals surface area contributed by atoms with Gasteiger partial charge < -0.3 is 10.2 Å². The van der Waals surface area contributed by atoms with Crippen molar-refractivity contribution in [2.45, 2.75) is 26.2 Å². The Hall–Kier alpha value is -1.84. The third-order valence-corrected chi connectivity index (χ3v) is 3.72. The highest BCUT2D eigenvalue weighted by Crippen LogP contribution is 2.19. The molecule has 0 atom stereocenters. The summed E-state index contributed by atoms with van der Waals surface area (Å²) in [5, 5.41) is 2.94.